The monoisotopic (exact) mass is 213 g/mol. The summed E-state index contributed by atoms with van der Waals surface area (Å²) < 4.78 is 5.05. The number of hydrogen-bond acceptors (Lipinski definition) is 3. The van der Waals surface area contributed by atoms with Crippen LogP contribution >= 0.6 is 12.4 Å². The fourth-order valence-corrected chi connectivity index (χ4v) is 1.41. The summed E-state index contributed by atoms with van der Waals surface area (Å²) in [5.41, 5.74) is 7.27. The minimum Gasteiger partial charge on any atom is -0.377 e. The molecule has 0 amide bonds. The molecule has 1 aliphatic heterocycles. The Balaban J connectivity index is 0.000000980. The predicted molar refractivity (Wildman–Crippen MR) is 55.8 cm³/mol. The summed E-state index contributed by atoms with van der Waals surface area (Å²) in [6.45, 7) is 1.07. The molecular formula is C10H12ClNO2. The van der Waals surface area contributed by atoms with Gasteiger partial charge in [-0.25, -0.2) is 0 Å². The molecule has 0 aliphatic carbocycles. The zero-order chi connectivity index (χ0) is 9.31. The van der Waals surface area contributed by atoms with E-state index in [4.69, 9.17) is 10.5 Å². The molecule has 4 heteroatoms. The quantitative estimate of drug-likeness (QED) is 0.749. The summed E-state index contributed by atoms with van der Waals surface area (Å²) >= 11 is 0. The number of benzene rings is 1. The summed E-state index contributed by atoms with van der Waals surface area (Å²) in [4.78, 5) is 10.5. The Labute approximate surface area is 88.7 Å². The third-order valence-corrected chi connectivity index (χ3v) is 2.32. The number of rotatable bonds is 2. The van der Waals surface area contributed by atoms with Gasteiger partial charge in [0, 0.05) is 5.56 Å². The Morgan fingerprint density at radius 2 is 2.14 bits per heavy atom. The van der Waals surface area contributed by atoms with Crippen LogP contribution in [0.25, 0.3) is 0 Å². The maximum atomic E-state index is 10.5. The van der Waals surface area contributed by atoms with Gasteiger partial charge in [-0.15, -0.1) is 12.4 Å². The zero-order valence-electron chi connectivity index (χ0n) is 7.60. The second kappa shape index (κ2) is 4.09. The molecule has 0 aromatic heterocycles. The van der Waals surface area contributed by atoms with Crippen LogP contribution in [-0.2, 0) is 10.3 Å². The third-order valence-electron chi connectivity index (χ3n) is 2.32. The van der Waals surface area contributed by atoms with E-state index in [9.17, 15) is 4.79 Å². The van der Waals surface area contributed by atoms with E-state index in [0.29, 0.717) is 18.8 Å². The van der Waals surface area contributed by atoms with E-state index in [1.165, 1.54) is 0 Å². The normalized spacial score (nSPS) is 17.8. The van der Waals surface area contributed by atoms with Crippen molar-refractivity contribution >= 4 is 18.7 Å². The largest absolute Gasteiger partial charge is 0.377 e. The van der Waals surface area contributed by atoms with Crippen LogP contribution in [0.4, 0.5) is 0 Å². The first-order valence-electron chi connectivity index (χ1n) is 4.17. The SMILES string of the molecule is Cl.NC1(c2cccc(C=O)c2)COC1. The number of aldehydes is 1. The maximum Gasteiger partial charge on any atom is 0.150 e. The zero-order valence-corrected chi connectivity index (χ0v) is 8.42. The summed E-state index contributed by atoms with van der Waals surface area (Å²) in [6.07, 6.45) is 0.826. The first-order valence-corrected chi connectivity index (χ1v) is 4.17. The van der Waals surface area contributed by atoms with E-state index in [1.54, 1.807) is 6.07 Å². The number of ether oxygens (including phenoxy) is 1. The second-order valence-corrected chi connectivity index (χ2v) is 3.39. The lowest BCUT2D eigenvalue weighted by Gasteiger charge is -2.38. The van der Waals surface area contributed by atoms with Gasteiger partial charge in [-0.1, -0.05) is 18.2 Å². The Hall–Kier alpha value is -0.900. The minimum atomic E-state index is -0.376. The number of carbonyl (C=O) groups excluding carboxylic acids is 1. The van der Waals surface area contributed by atoms with Gasteiger partial charge in [-0.3, -0.25) is 4.79 Å². The average molecular weight is 214 g/mol. The second-order valence-electron chi connectivity index (χ2n) is 3.39. The molecule has 2 N–H and O–H groups in total. The molecule has 2 rings (SSSR count). The summed E-state index contributed by atoms with van der Waals surface area (Å²) in [5, 5.41) is 0. The molecule has 3 nitrogen and oxygen atoms in total. The highest BCUT2D eigenvalue weighted by molar-refractivity contribution is 5.85. The number of carbonyl (C=O) groups is 1. The summed E-state index contributed by atoms with van der Waals surface area (Å²) in [6, 6.07) is 7.34. The smallest absolute Gasteiger partial charge is 0.150 e. The van der Waals surface area contributed by atoms with Crippen molar-refractivity contribution in [2.24, 2.45) is 5.73 Å². The van der Waals surface area contributed by atoms with Crippen molar-refractivity contribution in [3.05, 3.63) is 35.4 Å². The Bertz CT molecular complexity index is 337. The number of hydrogen-bond donors (Lipinski definition) is 1. The molecule has 1 saturated heterocycles. The van der Waals surface area contributed by atoms with Crippen molar-refractivity contribution in [3.63, 3.8) is 0 Å². The van der Waals surface area contributed by atoms with Gasteiger partial charge >= 0.3 is 0 Å². The highest BCUT2D eigenvalue weighted by atomic mass is 35.5. The molecule has 0 atom stereocenters. The first kappa shape index (κ1) is 11.2. The Morgan fingerprint density at radius 3 is 2.64 bits per heavy atom. The van der Waals surface area contributed by atoms with Crippen LogP contribution in [0.15, 0.2) is 24.3 Å². The number of nitrogens with two attached hydrogens (primary N) is 1. The van der Waals surface area contributed by atoms with Gasteiger partial charge in [0.1, 0.15) is 6.29 Å². The molecule has 0 bridgehead atoms. The molecule has 1 heterocycles. The van der Waals surface area contributed by atoms with Gasteiger partial charge < -0.3 is 10.5 Å². The predicted octanol–water partition coefficient (Wildman–Crippen LogP) is 1.11. The van der Waals surface area contributed by atoms with E-state index in [2.05, 4.69) is 0 Å². The third kappa shape index (κ3) is 1.80. The minimum absolute atomic E-state index is 0. The van der Waals surface area contributed by atoms with Crippen molar-refractivity contribution in [1.82, 2.24) is 0 Å². The fraction of sp³-hybridized carbons (Fsp3) is 0.300. The van der Waals surface area contributed by atoms with Crippen LogP contribution < -0.4 is 5.73 Å². The lowest BCUT2D eigenvalue weighted by molar-refractivity contribution is -0.0569. The highest BCUT2D eigenvalue weighted by Crippen LogP contribution is 2.26. The van der Waals surface area contributed by atoms with E-state index in [-0.39, 0.29) is 17.9 Å². The van der Waals surface area contributed by atoms with Crippen molar-refractivity contribution in [3.8, 4) is 0 Å². The molecule has 0 unspecified atom stereocenters. The molecule has 76 valence electrons. The van der Waals surface area contributed by atoms with Crippen LogP contribution in [0.1, 0.15) is 15.9 Å². The fourth-order valence-electron chi connectivity index (χ4n) is 1.41. The molecule has 0 spiro atoms. The molecule has 0 radical (unpaired) electrons. The van der Waals surface area contributed by atoms with Gasteiger partial charge in [0.2, 0.25) is 0 Å². The molecule has 1 aliphatic rings. The molecule has 1 fully saturated rings. The topological polar surface area (TPSA) is 52.3 Å². The van der Waals surface area contributed by atoms with Crippen LogP contribution in [0.2, 0.25) is 0 Å². The number of halogens is 1. The van der Waals surface area contributed by atoms with E-state index in [1.807, 2.05) is 18.2 Å². The van der Waals surface area contributed by atoms with Gasteiger partial charge in [0.25, 0.3) is 0 Å². The Kier molecular flexibility index (Phi) is 3.26. The van der Waals surface area contributed by atoms with Crippen LogP contribution in [0, 0.1) is 0 Å². The molecule has 14 heavy (non-hydrogen) atoms. The summed E-state index contributed by atoms with van der Waals surface area (Å²) in [7, 11) is 0. The van der Waals surface area contributed by atoms with Gasteiger partial charge in [-0.2, -0.15) is 0 Å². The molecule has 1 aromatic carbocycles. The lowest BCUT2D eigenvalue weighted by atomic mass is 9.88. The summed E-state index contributed by atoms with van der Waals surface area (Å²) in [5.74, 6) is 0. The van der Waals surface area contributed by atoms with Crippen LogP contribution in [0.5, 0.6) is 0 Å². The molecule has 1 aromatic rings. The van der Waals surface area contributed by atoms with Crippen molar-refractivity contribution < 1.29 is 9.53 Å². The first-order chi connectivity index (χ1) is 6.24. The maximum absolute atomic E-state index is 10.5. The highest BCUT2D eigenvalue weighted by Gasteiger charge is 2.35. The van der Waals surface area contributed by atoms with Crippen molar-refractivity contribution in [1.29, 1.82) is 0 Å². The van der Waals surface area contributed by atoms with E-state index >= 15 is 0 Å². The average Bonchev–Trinajstić information content (AvgIpc) is 2.14. The van der Waals surface area contributed by atoms with Gasteiger partial charge in [0.05, 0.1) is 18.8 Å². The molecular weight excluding hydrogens is 202 g/mol. The van der Waals surface area contributed by atoms with Crippen molar-refractivity contribution in [2.75, 3.05) is 13.2 Å². The van der Waals surface area contributed by atoms with E-state index in [0.717, 1.165) is 11.8 Å². The van der Waals surface area contributed by atoms with Crippen molar-refractivity contribution in [2.45, 2.75) is 5.54 Å². The van der Waals surface area contributed by atoms with Gasteiger partial charge in [0.15, 0.2) is 0 Å². The van der Waals surface area contributed by atoms with E-state index < -0.39 is 0 Å². The molecule has 0 saturated carbocycles. The van der Waals surface area contributed by atoms with Gasteiger partial charge in [-0.05, 0) is 11.6 Å². The standard InChI is InChI=1S/C10H11NO2.ClH/c11-10(6-13-7-10)9-3-1-2-8(4-9)5-12;/h1-5H,6-7,11H2;1H. The lowest BCUT2D eigenvalue weighted by Crippen LogP contribution is -2.54. The Morgan fingerprint density at radius 1 is 1.43 bits per heavy atom. The van der Waals surface area contributed by atoms with Crippen LogP contribution in [0.3, 0.4) is 0 Å². The van der Waals surface area contributed by atoms with Crippen LogP contribution in [-0.4, -0.2) is 19.5 Å².